The van der Waals surface area contributed by atoms with Gasteiger partial charge in [0, 0.05) is 0 Å². The Hall–Kier alpha value is -0.530. The highest BCUT2D eigenvalue weighted by atomic mass is 16.5. The van der Waals surface area contributed by atoms with Crippen molar-refractivity contribution in [2.24, 2.45) is 5.41 Å². The lowest BCUT2D eigenvalue weighted by molar-refractivity contribution is -0.128. The van der Waals surface area contributed by atoms with Crippen molar-refractivity contribution in [3.8, 4) is 0 Å². The normalized spacial score (nSPS) is 11.2. The second kappa shape index (κ2) is 5.16. The predicted octanol–water partition coefficient (Wildman–Crippen LogP) is 2.38. The van der Waals surface area contributed by atoms with Gasteiger partial charge in [-0.2, -0.15) is 0 Å². The Balaban J connectivity index is 3.29. The third-order valence-electron chi connectivity index (χ3n) is 2.14. The minimum atomic E-state index is 0.395. The molecule has 0 atom stereocenters. The molecule has 0 aliphatic heterocycles. The summed E-state index contributed by atoms with van der Waals surface area (Å²) in [5.74, 6) is 0. The lowest BCUT2D eigenvalue weighted by Crippen LogP contribution is -2.10. The number of hydrogen-bond donors (Lipinski definition) is 0. The minimum absolute atomic E-state index is 0.395. The van der Waals surface area contributed by atoms with E-state index in [2.05, 4.69) is 25.5 Å². The van der Waals surface area contributed by atoms with Crippen LogP contribution in [0, 0.1) is 5.41 Å². The quantitative estimate of drug-likeness (QED) is 0.438. The Morgan fingerprint density at radius 2 is 2.09 bits per heavy atom. The van der Waals surface area contributed by atoms with Crippen LogP contribution in [-0.4, -0.2) is 13.1 Å². The minimum Gasteiger partial charge on any atom is -0.468 e. The molecule has 0 aliphatic carbocycles. The summed E-state index contributed by atoms with van der Waals surface area (Å²) in [6.45, 7) is 7.72. The summed E-state index contributed by atoms with van der Waals surface area (Å²) in [5.41, 5.74) is 0.395. The third kappa shape index (κ3) is 5.89. The molecule has 2 nitrogen and oxygen atoms in total. The summed E-state index contributed by atoms with van der Waals surface area (Å²) in [7, 11) is 0. The number of rotatable bonds is 6. The van der Waals surface area contributed by atoms with Gasteiger partial charge in [0.15, 0.2) is 0 Å². The fourth-order valence-corrected chi connectivity index (χ4v) is 0.859. The van der Waals surface area contributed by atoms with Crippen LogP contribution in [0.1, 0.15) is 40.0 Å². The monoisotopic (exact) mass is 158 g/mol. The highest BCUT2D eigenvalue weighted by molar-refractivity contribution is 5.36. The van der Waals surface area contributed by atoms with E-state index in [0.29, 0.717) is 18.5 Å². The van der Waals surface area contributed by atoms with E-state index in [9.17, 15) is 4.79 Å². The van der Waals surface area contributed by atoms with E-state index in [-0.39, 0.29) is 0 Å². The van der Waals surface area contributed by atoms with Gasteiger partial charge in [0.2, 0.25) is 0 Å². The molecule has 0 aliphatic rings. The summed E-state index contributed by atoms with van der Waals surface area (Å²) < 4.78 is 4.59. The zero-order valence-electron chi connectivity index (χ0n) is 7.72. The first-order chi connectivity index (χ1) is 5.12. The van der Waals surface area contributed by atoms with Crippen LogP contribution in [0.3, 0.4) is 0 Å². The zero-order chi connectivity index (χ0) is 8.74. The Morgan fingerprint density at radius 1 is 1.45 bits per heavy atom. The van der Waals surface area contributed by atoms with E-state index in [1.807, 2.05) is 0 Å². The largest absolute Gasteiger partial charge is 0.468 e. The smallest absolute Gasteiger partial charge is 0.293 e. The average Bonchev–Trinajstić information content (AvgIpc) is 1.99. The number of carbonyl (C=O) groups excluding carboxylic acids is 1. The van der Waals surface area contributed by atoms with Crippen molar-refractivity contribution in [2.75, 3.05) is 6.61 Å². The molecule has 0 bridgehead atoms. The molecule has 0 aromatic rings. The molecule has 11 heavy (non-hydrogen) atoms. The molecule has 0 fully saturated rings. The zero-order valence-corrected chi connectivity index (χ0v) is 7.72. The van der Waals surface area contributed by atoms with E-state index in [4.69, 9.17) is 0 Å². The maximum atomic E-state index is 9.78. The van der Waals surface area contributed by atoms with Gasteiger partial charge in [-0.15, -0.1) is 0 Å². The van der Waals surface area contributed by atoms with Gasteiger partial charge in [0.05, 0.1) is 6.61 Å². The van der Waals surface area contributed by atoms with Gasteiger partial charge in [0.25, 0.3) is 6.47 Å². The molecular formula is C9H18O2. The van der Waals surface area contributed by atoms with Crippen molar-refractivity contribution < 1.29 is 9.53 Å². The fraction of sp³-hybridized carbons (Fsp3) is 0.889. The van der Waals surface area contributed by atoms with Crippen molar-refractivity contribution in [3.63, 3.8) is 0 Å². The van der Waals surface area contributed by atoms with Crippen molar-refractivity contribution >= 4 is 6.47 Å². The molecule has 0 aromatic heterocycles. The Kier molecular flexibility index (Phi) is 4.92. The topological polar surface area (TPSA) is 26.3 Å². The first kappa shape index (κ1) is 10.5. The second-order valence-electron chi connectivity index (χ2n) is 3.59. The fourth-order valence-electron chi connectivity index (χ4n) is 0.859. The summed E-state index contributed by atoms with van der Waals surface area (Å²) in [4.78, 5) is 9.78. The number of hydrogen-bond acceptors (Lipinski definition) is 2. The Morgan fingerprint density at radius 3 is 2.55 bits per heavy atom. The maximum absolute atomic E-state index is 9.78. The highest BCUT2D eigenvalue weighted by Gasteiger charge is 2.13. The molecule has 0 N–H and O–H groups in total. The number of carbonyl (C=O) groups is 1. The molecule has 0 saturated heterocycles. The van der Waals surface area contributed by atoms with Crippen LogP contribution < -0.4 is 0 Å². The Labute approximate surface area is 68.9 Å². The van der Waals surface area contributed by atoms with E-state index < -0.39 is 0 Å². The number of ether oxygens (including phenoxy) is 1. The molecule has 2 heteroatoms. The lowest BCUT2D eigenvalue weighted by Gasteiger charge is -2.21. The van der Waals surface area contributed by atoms with Gasteiger partial charge in [-0.05, 0) is 18.3 Å². The van der Waals surface area contributed by atoms with Crippen LogP contribution in [0.15, 0.2) is 0 Å². The van der Waals surface area contributed by atoms with Gasteiger partial charge in [-0.25, -0.2) is 0 Å². The summed E-state index contributed by atoms with van der Waals surface area (Å²) in [6.07, 6.45) is 3.27. The van der Waals surface area contributed by atoms with Crippen molar-refractivity contribution in [1.82, 2.24) is 0 Å². The van der Waals surface area contributed by atoms with Crippen molar-refractivity contribution in [2.45, 2.75) is 40.0 Å². The molecule has 66 valence electrons. The molecule has 0 heterocycles. The Bertz CT molecular complexity index is 108. The van der Waals surface area contributed by atoms with Crippen LogP contribution in [0.5, 0.6) is 0 Å². The van der Waals surface area contributed by atoms with E-state index in [1.165, 1.54) is 6.42 Å². The molecule has 0 amide bonds. The van der Waals surface area contributed by atoms with Crippen LogP contribution in [-0.2, 0) is 9.53 Å². The summed E-state index contributed by atoms with van der Waals surface area (Å²) >= 11 is 0. The third-order valence-corrected chi connectivity index (χ3v) is 2.14. The summed E-state index contributed by atoms with van der Waals surface area (Å²) in [5, 5.41) is 0. The SMILES string of the molecule is CCC(C)(C)CCCOC=O. The van der Waals surface area contributed by atoms with Gasteiger partial charge in [-0.3, -0.25) is 4.79 Å². The van der Waals surface area contributed by atoms with E-state index >= 15 is 0 Å². The van der Waals surface area contributed by atoms with E-state index in [0.717, 1.165) is 12.8 Å². The molecule has 0 radical (unpaired) electrons. The standard InChI is InChI=1S/C9H18O2/c1-4-9(2,3)6-5-7-11-8-10/h8H,4-7H2,1-3H3. The molecule has 0 unspecified atom stereocenters. The van der Waals surface area contributed by atoms with Crippen LogP contribution in [0.2, 0.25) is 0 Å². The van der Waals surface area contributed by atoms with Gasteiger partial charge in [-0.1, -0.05) is 27.2 Å². The molecule has 0 spiro atoms. The molecule has 0 saturated carbocycles. The predicted molar refractivity (Wildman–Crippen MR) is 45.3 cm³/mol. The van der Waals surface area contributed by atoms with Crippen molar-refractivity contribution in [3.05, 3.63) is 0 Å². The van der Waals surface area contributed by atoms with Gasteiger partial charge in [0.1, 0.15) is 0 Å². The molecular weight excluding hydrogens is 140 g/mol. The maximum Gasteiger partial charge on any atom is 0.293 e. The second-order valence-corrected chi connectivity index (χ2v) is 3.59. The van der Waals surface area contributed by atoms with Gasteiger partial charge < -0.3 is 4.74 Å². The molecule has 0 aromatic carbocycles. The first-order valence-electron chi connectivity index (χ1n) is 4.17. The van der Waals surface area contributed by atoms with Crippen LogP contribution in [0.4, 0.5) is 0 Å². The first-order valence-corrected chi connectivity index (χ1v) is 4.17. The lowest BCUT2D eigenvalue weighted by atomic mass is 9.85. The van der Waals surface area contributed by atoms with Crippen molar-refractivity contribution in [1.29, 1.82) is 0 Å². The highest BCUT2D eigenvalue weighted by Crippen LogP contribution is 2.25. The average molecular weight is 158 g/mol. The summed E-state index contributed by atoms with van der Waals surface area (Å²) in [6, 6.07) is 0. The van der Waals surface area contributed by atoms with Crippen LogP contribution in [0.25, 0.3) is 0 Å². The van der Waals surface area contributed by atoms with Gasteiger partial charge >= 0.3 is 0 Å². The molecule has 0 rings (SSSR count). The van der Waals surface area contributed by atoms with E-state index in [1.54, 1.807) is 0 Å². The van der Waals surface area contributed by atoms with Crippen LogP contribution >= 0.6 is 0 Å².